The number of amides is 1. The molecule has 1 aliphatic carbocycles. The maximum Gasteiger partial charge on any atom is 0.220 e. The predicted octanol–water partition coefficient (Wildman–Crippen LogP) is 2.36. The van der Waals surface area contributed by atoms with Crippen molar-refractivity contribution in [2.24, 2.45) is 11.8 Å². The van der Waals surface area contributed by atoms with Crippen molar-refractivity contribution in [3.05, 3.63) is 23.9 Å². The highest BCUT2D eigenvalue weighted by Gasteiger charge is 2.19. The fourth-order valence-electron chi connectivity index (χ4n) is 2.57. The molecule has 0 radical (unpaired) electrons. The second-order valence-electron chi connectivity index (χ2n) is 5.69. The topological polar surface area (TPSA) is 41.1 Å². The quantitative estimate of drug-likeness (QED) is 0.753. The van der Waals surface area contributed by atoms with Crippen LogP contribution in [0.3, 0.4) is 0 Å². The van der Waals surface area contributed by atoms with Gasteiger partial charge in [-0.2, -0.15) is 0 Å². The zero-order valence-electron chi connectivity index (χ0n) is 11.4. The molecule has 1 amide bonds. The first-order chi connectivity index (χ1) is 8.63. The van der Waals surface area contributed by atoms with Gasteiger partial charge < -0.3 is 10.6 Å². The number of hydrogen-bond acceptors (Lipinski definition) is 2. The van der Waals surface area contributed by atoms with E-state index in [0.29, 0.717) is 18.3 Å². The summed E-state index contributed by atoms with van der Waals surface area (Å²) in [5.74, 6) is 1.30. The third-order valence-corrected chi connectivity index (χ3v) is 3.85. The van der Waals surface area contributed by atoms with Gasteiger partial charge in [-0.15, -0.1) is 0 Å². The van der Waals surface area contributed by atoms with Gasteiger partial charge in [0.05, 0.1) is 0 Å². The summed E-state index contributed by atoms with van der Waals surface area (Å²) in [6, 6.07) is 0.252. The molecule has 3 heteroatoms. The van der Waals surface area contributed by atoms with Gasteiger partial charge in [0.15, 0.2) is 0 Å². The van der Waals surface area contributed by atoms with Gasteiger partial charge in [0, 0.05) is 24.7 Å². The summed E-state index contributed by atoms with van der Waals surface area (Å²) in [5.41, 5.74) is 1.23. The van der Waals surface area contributed by atoms with E-state index in [1.54, 1.807) is 0 Å². The van der Waals surface area contributed by atoms with Crippen molar-refractivity contribution in [1.29, 1.82) is 0 Å². The van der Waals surface area contributed by atoms with Crippen molar-refractivity contribution >= 4 is 5.91 Å². The lowest BCUT2D eigenvalue weighted by atomic mass is 9.93. The van der Waals surface area contributed by atoms with E-state index in [1.807, 2.05) is 0 Å². The van der Waals surface area contributed by atoms with Crippen LogP contribution in [0.25, 0.3) is 0 Å². The van der Waals surface area contributed by atoms with Gasteiger partial charge >= 0.3 is 0 Å². The van der Waals surface area contributed by atoms with Crippen molar-refractivity contribution in [2.75, 3.05) is 6.54 Å². The molecule has 0 aromatic carbocycles. The van der Waals surface area contributed by atoms with E-state index in [1.165, 1.54) is 12.1 Å². The van der Waals surface area contributed by atoms with E-state index < -0.39 is 0 Å². The van der Waals surface area contributed by atoms with Gasteiger partial charge in [-0.1, -0.05) is 25.2 Å². The Hall–Kier alpha value is -1.25. The smallest absolute Gasteiger partial charge is 0.220 e. The van der Waals surface area contributed by atoms with Crippen LogP contribution in [0.2, 0.25) is 0 Å². The van der Waals surface area contributed by atoms with Crippen LogP contribution in [0.1, 0.15) is 39.5 Å². The summed E-state index contributed by atoms with van der Waals surface area (Å²) in [6.45, 7) is 5.22. The summed E-state index contributed by atoms with van der Waals surface area (Å²) in [6.07, 6.45) is 10.4. The SMILES string of the molecule is CC1=CCC(CC(=O)NC2C=CC(C)CC2)CN1. The molecule has 0 saturated carbocycles. The van der Waals surface area contributed by atoms with Crippen LogP contribution < -0.4 is 10.6 Å². The largest absolute Gasteiger partial charge is 0.389 e. The molecule has 0 spiro atoms. The fourth-order valence-corrected chi connectivity index (χ4v) is 2.57. The molecular formula is C15H24N2O. The number of allylic oxidation sites excluding steroid dienone is 3. The highest BCUT2D eigenvalue weighted by molar-refractivity contribution is 5.76. The lowest BCUT2D eigenvalue weighted by molar-refractivity contribution is -0.122. The third-order valence-electron chi connectivity index (χ3n) is 3.85. The Balaban J connectivity index is 1.74. The lowest BCUT2D eigenvalue weighted by Gasteiger charge is -2.24. The van der Waals surface area contributed by atoms with Crippen molar-refractivity contribution in [3.8, 4) is 0 Å². The predicted molar refractivity (Wildman–Crippen MR) is 74.0 cm³/mol. The summed E-state index contributed by atoms with van der Waals surface area (Å²) in [5, 5.41) is 6.44. The Morgan fingerprint density at radius 2 is 2.28 bits per heavy atom. The van der Waals surface area contributed by atoms with Gasteiger partial charge in [-0.25, -0.2) is 0 Å². The van der Waals surface area contributed by atoms with Crippen LogP contribution >= 0.6 is 0 Å². The van der Waals surface area contributed by atoms with E-state index in [2.05, 4.69) is 42.7 Å². The molecule has 0 fully saturated rings. The minimum Gasteiger partial charge on any atom is -0.389 e. The van der Waals surface area contributed by atoms with Crippen LogP contribution in [0.5, 0.6) is 0 Å². The molecular weight excluding hydrogens is 224 g/mol. The van der Waals surface area contributed by atoms with Crippen molar-refractivity contribution in [3.63, 3.8) is 0 Å². The van der Waals surface area contributed by atoms with E-state index >= 15 is 0 Å². The molecule has 1 heterocycles. The molecule has 0 saturated heterocycles. The monoisotopic (exact) mass is 248 g/mol. The van der Waals surface area contributed by atoms with Crippen LogP contribution in [-0.2, 0) is 4.79 Å². The van der Waals surface area contributed by atoms with Crippen LogP contribution in [0.4, 0.5) is 0 Å². The molecule has 1 aliphatic heterocycles. The molecule has 2 rings (SSSR count). The first kappa shape index (κ1) is 13.2. The molecule has 3 atom stereocenters. The van der Waals surface area contributed by atoms with E-state index in [9.17, 15) is 4.79 Å². The first-order valence-electron chi connectivity index (χ1n) is 7.02. The Bertz CT molecular complexity index is 360. The maximum absolute atomic E-state index is 11.9. The number of carbonyl (C=O) groups excluding carboxylic acids is 1. The van der Waals surface area contributed by atoms with Crippen LogP contribution in [0, 0.1) is 11.8 Å². The molecule has 3 unspecified atom stereocenters. The second-order valence-corrected chi connectivity index (χ2v) is 5.69. The molecule has 3 nitrogen and oxygen atoms in total. The van der Waals surface area contributed by atoms with E-state index in [0.717, 1.165) is 19.4 Å². The zero-order valence-corrected chi connectivity index (χ0v) is 11.4. The molecule has 2 aliphatic rings. The molecule has 18 heavy (non-hydrogen) atoms. The van der Waals surface area contributed by atoms with Gasteiger partial charge in [-0.3, -0.25) is 4.79 Å². The number of nitrogens with one attached hydrogen (secondary N) is 2. The standard InChI is InChI=1S/C15H24N2O/c1-11-3-7-14(8-4-11)17-15(18)9-13-6-5-12(2)16-10-13/h3,5,7,11,13-14,16H,4,6,8-10H2,1-2H3,(H,17,18). The average Bonchev–Trinajstić information content (AvgIpc) is 2.35. The van der Waals surface area contributed by atoms with Crippen molar-refractivity contribution in [2.45, 2.75) is 45.6 Å². The first-order valence-corrected chi connectivity index (χ1v) is 7.02. The third kappa shape index (κ3) is 3.90. The number of hydrogen-bond donors (Lipinski definition) is 2. The highest BCUT2D eigenvalue weighted by atomic mass is 16.1. The Kier molecular flexibility index (Phi) is 4.45. The molecule has 0 aromatic rings. The van der Waals surface area contributed by atoms with Crippen molar-refractivity contribution < 1.29 is 4.79 Å². The van der Waals surface area contributed by atoms with Gasteiger partial charge in [0.25, 0.3) is 0 Å². The highest BCUT2D eigenvalue weighted by Crippen LogP contribution is 2.18. The zero-order chi connectivity index (χ0) is 13.0. The van der Waals surface area contributed by atoms with E-state index in [4.69, 9.17) is 0 Å². The molecule has 2 N–H and O–H groups in total. The fraction of sp³-hybridized carbons (Fsp3) is 0.667. The summed E-state index contributed by atoms with van der Waals surface area (Å²) >= 11 is 0. The molecule has 100 valence electrons. The van der Waals surface area contributed by atoms with Gasteiger partial charge in [-0.05, 0) is 38.0 Å². The van der Waals surface area contributed by atoms with Crippen molar-refractivity contribution in [1.82, 2.24) is 10.6 Å². The van der Waals surface area contributed by atoms with Crippen LogP contribution in [0.15, 0.2) is 23.9 Å². The van der Waals surface area contributed by atoms with E-state index in [-0.39, 0.29) is 11.9 Å². The number of carbonyl (C=O) groups is 1. The minimum absolute atomic E-state index is 0.193. The minimum atomic E-state index is 0.193. The normalized spacial score (nSPS) is 31.4. The Morgan fingerprint density at radius 1 is 1.44 bits per heavy atom. The number of rotatable bonds is 3. The Morgan fingerprint density at radius 3 is 2.89 bits per heavy atom. The van der Waals surface area contributed by atoms with Gasteiger partial charge in [0.1, 0.15) is 0 Å². The Labute approximate surface area is 110 Å². The maximum atomic E-state index is 11.9. The lowest BCUT2D eigenvalue weighted by Crippen LogP contribution is -2.37. The summed E-state index contributed by atoms with van der Waals surface area (Å²) in [4.78, 5) is 11.9. The summed E-state index contributed by atoms with van der Waals surface area (Å²) < 4.78 is 0. The second kappa shape index (κ2) is 6.07. The molecule has 0 bridgehead atoms. The van der Waals surface area contributed by atoms with Crippen LogP contribution in [-0.4, -0.2) is 18.5 Å². The molecule has 0 aromatic heterocycles. The average molecular weight is 248 g/mol. The summed E-state index contributed by atoms with van der Waals surface area (Å²) in [7, 11) is 0. The van der Waals surface area contributed by atoms with Gasteiger partial charge in [0.2, 0.25) is 5.91 Å².